The van der Waals surface area contributed by atoms with E-state index in [1.165, 1.54) is 23.1 Å². The molecule has 1 heterocycles. The van der Waals surface area contributed by atoms with Gasteiger partial charge in [-0.25, -0.2) is 9.37 Å². The van der Waals surface area contributed by atoms with Crippen LogP contribution in [0.15, 0.2) is 42.6 Å². The van der Waals surface area contributed by atoms with Crippen molar-refractivity contribution in [2.24, 2.45) is 5.92 Å². The lowest BCUT2D eigenvalue weighted by Gasteiger charge is -2.30. The quantitative estimate of drug-likeness (QED) is 0.279. The molecular formula is C31H42FN7O2. The Balaban J connectivity index is 1.62. The van der Waals surface area contributed by atoms with Crippen LogP contribution in [0.3, 0.4) is 0 Å². The zero-order chi connectivity index (χ0) is 29.8. The molecule has 0 spiro atoms. The van der Waals surface area contributed by atoms with Gasteiger partial charge in [0.2, 0.25) is 17.8 Å². The summed E-state index contributed by atoms with van der Waals surface area (Å²) >= 11 is 0. The molecule has 2 amide bonds. The second-order valence-electron chi connectivity index (χ2n) is 10.6. The molecule has 0 bridgehead atoms. The lowest BCUT2D eigenvalue weighted by atomic mass is 9.86. The van der Waals surface area contributed by atoms with E-state index in [0.29, 0.717) is 29.6 Å². The average molecular weight is 564 g/mol. The highest BCUT2D eigenvalue weighted by Gasteiger charge is 2.26. The van der Waals surface area contributed by atoms with Crippen molar-refractivity contribution < 1.29 is 14.0 Å². The largest absolute Gasteiger partial charge is 0.369 e. The summed E-state index contributed by atoms with van der Waals surface area (Å²) in [5.74, 6) is 6.99. The number of rotatable bonds is 11. The number of anilines is 3. The Morgan fingerprint density at radius 1 is 1.24 bits per heavy atom. The summed E-state index contributed by atoms with van der Waals surface area (Å²) in [7, 11) is 5.50. The highest BCUT2D eigenvalue weighted by atomic mass is 19.1. The van der Waals surface area contributed by atoms with Gasteiger partial charge in [-0.15, -0.1) is 0 Å². The molecule has 3 N–H and O–H groups in total. The van der Waals surface area contributed by atoms with Gasteiger partial charge in [-0.1, -0.05) is 37.3 Å². The molecule has 0 saturated heterocycles. The van der Waals surface area contributed by atoms with Gasteiger partial charge in [0.1, 0.15) is 17.7 Å². The Bertz CT molecular complexity index is 1270. The summed E-state index contributed by atoms with van der Waals surface area (Å²) < 4.78 is 13.6. The first-order chi connectivity index (χ1) is 19.7. The zero-order valence-electron chi connectivity index (χ0n) is 24.7. The molecule has 1 aliphatic rings. The topological polar surface area (TPSA) is 102 Å². The van der Waals surface area contributed by atoms with Crippen LogP contribution in [0, 0.1) is 23.6 Å². The zero-order valence-corrected chi connectivity index (χ0v) is 24.7. The number of nitrogens with zero attached hydrogens (tertiary/aromatic N) is 4. The summed E-state index contributed by atoms with van der Waals surface area (Å²) in [6.45, 7) is 5.19. The fraction of sp³-hybridized carbons (Fsp3) is 0.484. The van der Waals surface area contributed by atoms with Crippen LogP contribution >= 0.6 is 0 Å². The first-order valence-corrected chi connectivity index (χ1v) is 14.2. The van der Waals surface area contributed by atoms with E-state index < -0.39 is 6.04 Å². The number of aromatic nitrogens is 2. The van der Waals surface area contributed by atoms with Gasteiger partial charge in [0, 0.05) is 43.9 Å². The third kappa shape index (κ3) is 10.2. The average Bonchev–Trinajstić information content (AvgIpc) is 2.94. The van der Waals surface area contributed by atoms with Crippen LogP contribution in [0.1, 0.15) is 51.5 Å². The van der Waals surface area contributed by atoms with Crippen molar-refractivity contribution in [3.05, 3.63) is 54.0 Å². The molecule has 1 saturated carbocycles. The van der Waals surface area contributed by atoms with Crippen molar-refractivity contribution >= 4 is 29.3 Å². The molecule has 0 unspecified atom stereocenters. The first-order valence-electron chi connectivity index (χ1n) is 14.2. The van der Waals surface area contributed by atoms with Gasteiger partial charge in [-0.2, -0.15) is 4.98 Å². The van der Waals surface area contributed by atoms with Gasteiger partial charge in [0.15, 0.2) is 0 Å². The van der Waals surface area contributed by atoms with Gasteiger partial charge >= 0.3 is 0 Å². The van der Waals surface area contributed by atoms with E-state index in [9.17, 15) is 14.0 Å². The molecule has 220 valence electrons. The highest BCUT2D eigenvalue weighted by Crippen LogP contribution is 2.25. The van der Waals surface area contributed by atoms with E-state index in [2.05, 4.69) is 44.7 Å². The van der Waals surface area contributed by atoms with Crippen LogP contribution < -0.4 is 16.0 Å². The van der Waals surface area contributed by atoms with Crippen molar-refractivity contribution in [1.82, 2.24) is 25.1 Å². The summed E-state index contributed by atoms with van der Waals surface area (Å²) in [6.07, 6.45) is 9.40. The molecular weight excluding hydrogens is 521 g/mol. The van der Waals surface area contributed by atoms with Crippen LogP contribution in [0.2, 0.25) is 0 Å². The molecule has 41 heavy (non-hydrogen) atoms. The molecule has 2 aromatic rings. The van der Waals surface area contributed by atoms with Crippen LogP contribution in [-0.4, -0.2) is 77.9 Å². The number of benzene rings is 1. The molecule has 0 aliphatic heterocycles. The maximum absolute atomic E-state index is 13.6. The molecule has 1 aromatic carbocycles. The lowest BCUT2D eigenvalue weighted by Crippen LogP contribution is -2.49. The summed E-state index contributed by atoms with van der Waals surface area (Å²) in [6, 6.07) is 5.55. The maximum atomic E-state index is 13.6. The number of hydrogen-bond acceptors (Lipinski definition) is 7. The number of amides is 2. The van der Waals surface area contributed by atoms with Crippen molar-refractivity contribution in [3.8, 4) is 11.8 Å². The van der Waals surface area contributed by atoms with E-state index >= 15 is 0 Å². The van der Waals surface area contributed by atoms with Crippen LogP contribution in [-0.2, 0) is 9.59 Å². The second kappa shape index (κ2) is 15.7. The Morgan fingerprint density at radius 2 is 2.05 bits per heavy atom. The SMILES string of the molecule is CCCNc1nc(Nc2cccc(F)c2)ncc1C#C[C@H]1CCC[C@@H](NC(=O)[C@H](C)N(C)C(=O)C=CCN(C)C)C1. The van der Waals surface area contributed by atoms with Crippen molar-refractivity contribution in [2.45, 2.75) is 58.0 Å². The van der Waals surface area contributed by atoms with E-state index in [1.807, 2.05) is 19.0 Å². The fourth-order valence-corrected chi connectivity index (χ4v) is 4.41. The van der Waals surface area contributed by atoms with Crippen molar-refractivity contribution in [2.75, 3.05) is 44.9 Å². The standard InChI is InChI=1S/C31H42FN7O2/c1-6-17-33-29-24(21-34-31(37-29)36-27-13-8-11-25(32)20-27)16-15-23-10-7-12-26(19-23)35-30(41)22(2)39(5)28(40)14-9-18-38(3)4/h8-9,11,13-14,20-23,26H,6-7,10,12,17-19H2,1-5H3,(H,35,41)(H2,33,34,36,37)/t22-,23+,26+/m0/s1. The molecule has 1 aromatic heterocycles. The fourth-order valence-electron chi connectivity index (χ4n) is 4.41. The third-order valence-electron chi connectivity index (χ3n) is 6.88. The minimum atomic E-state index is -0.582. The monoisotopic (exact) mass is 563 g/mol. The molecule has 0 radical (unpaired) electrons. The summed E-state index contributed by atoms with van der Waals surface area (Å²) in [5, 5.41) is 9.47. The van der Waals surface area contributed by atoms with Gasteiger partial charge in [0.05, 0.1) is 11.8 Å². The van der Waals surface area contributed by atoms with Crippen molar-refractivity contribution in [1.29, 1.82) is 0 Å². The van der Waals surface area contributed by atoms with E-state index in [-0.39, 0.29) is 29.6 Å². The van der Waals surface area contributed by atoms with Crippen molar-refractivity contribution in [3.63, 3.8) is 0 Å². The minimum absolute atomic E-state index is 0.00225. The highest BCUT2D eigenvalue weighted by molar-refractivity contribution is 5.92. The number of carbonyl (C=O) groups excluding carboxylic acids is 2. The Labute approximate surface area is 243 Å². The Hall–Kier alpha value is -3.97. The predicted octanol–water partition coefficient (Wildman–Crippen LogP) is 4.17. The molecule has 1 fully saturated rings. The smallest absolute Gasteiger partial charge is 0.246 e. The van der Waals surface area contributed by atoms with E-state index in [4.69, 9.17) is 0 Å². The van der Waals surface area contributed by atoms with Gasteiger partial charge < -0.3 is 25.8 Å². The Morgan fingerprint density at radius 3 is 2.78 bits per heavy atom. The summed E-state index contributed by atoms with van der Waals surface area (Å²) in [5.41, 5.74) is 1.25. The molecule has 3 rings (SSSR count). The molecule has 3 atom stereocenters. The van der Waals surface area contributed by atoms with Gasteiger partial charge in [0.25, 0.3) is 0 Å². The summed E-state index contributed by atoms with van der Waals surface area (Å²) in [4.78, 5) is 37.7. The van der Waals surface area contributed by atoms with Crippen LogP contribution in [0.4, 0.5) is 21.8 Å². The van der Waals surface area contributed by atoms with E-state index in [1.54, 1.807) is 38.4 Å². The third-order valence-corrected chi connectivity index (χ3v) is 6.88. The number of carbonyl (C=O) groups is 2. The normalized spacial score (nSPS) is 17.4. The molecule has 9 nitrogen and oxygen atoms in total. The number of likely N-dealkylation sites (N-methyl/N-ethyl adjacent to an activating group) is 2. The maximum Gasteiger partial charge on any atom is 0.246 e. The Kier molecular flexibility index (Phi) is 12.1. The predicted molar refractivity (Wildman–Crippen MR) is 161 cm³/mol. The first kappa shape index (κ1) is 31.6. The number of halogens is 1. The van der Waals surface area contributed by atoms with Gasteiger partial charge in [-0.05, 0) is 64.9 Å². The van der Waals surface area contributed by atoms with Crippen LogP contribution in [0.5, 0.6) is 0 Å². The van der Waals surface area contributed by atoms with E-state index in [0.717, 1.165) is 38.6 Å². The number of hydrogen-bond donors (Lipinski definition) is 3. The second-order valence-corrected chi connectivity index (χ2v) is 10.6. The van der Waals surface area contributed by atoms with Crippen LogP contribution in [0.25, 0.3) is 0 Å². The molecule has 10 heteroatoms. The number of nitrogens with one attached hydrogen (secondary N) is 3. The lowest BCUT2D eigenvalue weighted by molar-refractivity contribution is -0.135. The minimum Gasteiger partial charge on any atom is -0.369 e. The molecule has 1 aliphatic carbocycles. The van der Waals surface area contributed by atoms with Gasteiger partial charge in [-0.3, -0.25) is 9.59 Å².